The van der Waals surface area contributed by atoms with Gasteiger partial charge in [0.2, 0.25) is 0 Å². The number of carbonyl (C=O) groups excluding carboxylic acids is 1. The van der Waals surface area contributed by atoms with Crippen molar-refractivity contribution in [2.75, 3.05) is 0 Å². The summed E-state index contributed by atoms with van der Waals surface area (Å²) in [7, 11) is 0. The standard InChI is InChI=1S/C19H18O/c1-18(2)12-19(16-10-6-5-9-15(16)18)11-17(20)13-7-3-4-8-14(13)19/h3-10H,11-12H2,1-2H3. The first-order chi connectivity index (χ1) is 9.55. The lowest BCUT2D eigenvalue weighted by atomic mass is 9.74. The first-order valence-electron chi connectivity index (χ1n) is 7.27. The van der Waals surface area contributed by atoms with E-state index in [0.717, 1.165) is 12.0 Å². The fourth-order valence-electron chi connectivity index (χ4n) is 4.44. The second kappa shape index (κ2) is 3.60. The molecule has 0 aliphatic heterocycles. The second-order valence-electron chi connectivity index (χ2n) is 6.83. The molecule has 20 heavy (non-hydrogen) atoms. The molecule has 1 heteroatoms. The molecular weight excluding hydrogens is 244 g/mol. The van der Waals surface area contributed by atoms with Crippen LogP contribution in [0.1, 0.15) is 53.7 Å². The van der Waals surface area contributed by atoms with Gasteiger partial charge in [-0.2, -0.15) is 0 Å². The first-order valence-corrected chi connectivity index (χ1v) is 7.27. The molecule has 4 rings (SSSR count). The number of ketones is 1. The molecule has 2 aromatic carbocycles. The summed E-state index contributed by atoms with van der Waals surface area (Å²) in [5.41, 5.74) is 4.98. The van der Waals surface area contributed by atoms with Gasteiger partial charge in [-0.1, -0.05) is 62.4 Å². The van der Waals surface area contributed by atoms with Crippen LogP contribution in [-0.2, 0) is 10.8 Å². The minimum absolute atomic E-state index is 0.0895. The zero-order valence-electron chi connectivity index (χ0n) is 11.9. The summed E-state index contributed by atoms with van der Waals surface area (Å²) in [5.74, 6) is 0.299. The molecule has 0 saturated heterocycles. The predicted molar refractivity (Wildman–Crippen MR) is 80.3 cm³/mol. The number of hydrogen-bond donors (Lipinski definition) is 0. The maximum Gasteiger partial charge on any atom is 0.164 e. The van der Waals surface area contributed by atoms with Crippen LogP contribution in [0.15, 0.2) is 48.5 Å². The van der Waals surface area contributed by atoms with Gasteiger partial charge in [-0.3, -0.25) is 4.79 Å². The van der Waals surface area contributed by atoms with Crippen molar-refractivity contribution in [1.82, 2.24) is 0 Å². The number of fused-ring (bicyclic) bond motifs is 4. The van der Waals surface area contributed by atoms with Gasteiger partial charge >= 0.3 is 0 Å². The SMILES string of the molecule is CC1(C)CC2(CC(=O)c3ccccc32)c2ccccc21. The Morgan fingerprint density at radius 3 is 2.20 bits per heavy atom. The van der Waals surface area contributed by atoms with E-state index in [1.54, 1.807) is 0 Å². The van der Waals surface area contributed by atoms with Crippen molar-refractivity contribution in [3.05, 3.63) is 70.8 Å². The van der Waals surface area contributed by atoms with E-state index >= 15 is 0 Å². The molecule has 0 fully saturated rings. The zero-order valence-corrected chi connectivity index (χ0v) is 11.9. The molecule has 100 valence electrons. The van der Waals surface area contributed by atoms with Crippen LogP contribution >= 0.6 is 0 Å². The Labute approximate surface area is 119 Å². The molecule has 0 saturated carbocycles. The average Bonchev–Trinajstić information content (AvgIpc) is 2.85. The normalized spacial score (nSPS) is 25.8. The quantitative estimate of drug-likeness (QED) is 0.694. The Morgan fingerprint density at radius 2 is 1.45 bits per heavy atom. The van der Waals surface area contributed by atoms with E-state index in [0.29, 0.717) is 12.2 Å². The van der Waals surface area contributed by atoms with E-state index in [2.05, 4.69) is 50.2 Å². The summed E-state index contributed by atoms with van der Waals surface area (Å²) in [6.07, 6.45) is 1.66. The van der Waals surface area contributed by atoms with Gasteiger partial charge in [0, 0.05) is 17.4 Å². The highest BCUT2D eigenvalue weighted by molar-refractivity contribution is 6.03. The Kier molecular flexibility index (Phi) is 2.14. The van der Waals surface area contributed by atoms with Crippen molar-refractivity contribution in [1.29, 1.82) is 0 Å². The van der Waals surface area contributed by atoms with Crippen LogP contribution in [0.2, 0.25) is 0 Å². The smallest absolute Gasteiger partial charge is 0.164 e. The van der Waals surface area contributed by atoms with Crippen LogP contribution in [-0.4, -0.2) is 5.78 Å². The first kappa shape index (κ1) is 11.9. The van der Waals surface area contributed by atoms with Crippen molar-refractivity contribution in [3.63, 3.8) is 0 Å². The predicted octanol–water partition coefficient (Wildman–Crippen LogP) is 4.24. The summed E-state index contributed by atoms with van der Waals surface area (Å²) in [6, 6.07) is 16.8. The zero-order chi connectivity index (χ0) is 14.0. The highest BCUT2D eigenvalue weighted by Crippen LogP contribution is 2.58. The highest BCUT2D eigenvalue weighted by atomic mass is 16.1. The van der Waals surface area contributed by atoms with Crippen molar-refractivity contribution in [2.24, 2.45) is 0 Å². The second-order valence-corrected chi connectivity index (χ2v) is 6.83. The molecular formula is C19H18O. The summed E-state index contributed by atoms with van der Waals surface area (Å²) in [4.78, 5) is 12.4. The maximum absolute atomic E-state index is 12.4. The molecule has 1 nitrogen and oxygen atoms in total. The lowest BCUT2D eigenvalue weighted by Crippen LogP contribution is -2.24. The van der Waals surface area contributed by atoms with Gasteiger partial charge in [-0.05, 0) is 28.5 Å². The third-order valence-electron chi connectivity index (χ3n) is 5.12. The van der Waals surface area contributed by atoms with E-state index in [9.17, 15) is 4.79 Å². The Morgan fingerprint density at radius 1 is 0.850 bits per heavy atom. The third-order valence-corrected chi connectivity index (χ3v) is 5.12. The molecule has 2 aliphatic rings. The number of Topliss-reactive ketones (excluding diaryl/α,β-unsaturated/α-hetero) is 1. The molecule has 0 amide bonds. The van der Waals surface area contributed by atoms with Gasteiger partial charge < -0.3 is 0 Å². The number of carbonyl (C=O) groups is 1. The summed E-state index contributed by atoms with van der Waals surface area (Å²) in [6.45, 7) is 4.60. The molecule has 1 spiro atoms. The van der Waals surface area contributed by atoms with Crippen LogP contribution in [0.3, 0.4) is 0 Å². The minimum atomic E-state index is -0.0895. The molecule has 2 aliphatic carbocycles. The minimum Gasteiger partial charge on any atom is -0.294 e. The summed E-state index contributed by atoms with van der Waals surface area (Å²) >= 11 is 0. The van der Waals surface area contributed by atoms with E-state index in [1.807, 2.05) is 12.1 Å². The van der Waals surface area contributed by atoms with Gasteiger partial charge in [0.1, 0.15) is 0 Å². The van der Waals surface area contributed by atoms with Gasteiger partial charge in [-0.15, -0.1) is 0 Å². The molecule has 0 radical (unpaired) electrons. The van der Waals surface area contributed by atoms with Gasteiger partial charge in [0.25, 0.3) is 0 Å². The number of rotatable bonds is 0. The van der Waals surface area contributed by atoms with Crippen LogP contribution in [0.5, 0.6) is 0 Å². The van der Waals surface area contributed by atoms with E-state index < -0.39 is 0 Å². The molecule has 1 atom stereocenters. The molecule has 1 unspecified atom stereocenters. The Hall–Kier alpha value is -1.89. The molecule has 0 bridgehead atoms. The van der Waals surface area contributed by atoms with Crippen LogP contribution in [0.4, 0.5) is 0 Å². The summed E-state index contributed by atoms with van der Waals surface area (Å²) in [5, 5.41) is 0. The molecule has 0 aromatic heterocycles. The van der Waals surface area contributed by atoms with Crippen molar-refractivity contribution >= 4 is 5.78 Å². The van der Waals surface area contributed by atoms with E-state index in [-0.39, 0.29) is 10.8 Å². The topological polar surface area (TPSA) is 17.1 Å². The fourth-order valence-corrected chi connectivity index (χ4v) is 4.44. The number of benzene rings is 2. The van der Waals surface area contributed by atoms with Crippen molar-refractivity contribution in [3.8, 4) is 0 Å². The Balaban J connectivity index is 2.04. The summed E-state index contributed by atoms with van der Waals surface area (Å²) < 4.78 is 0. The van der Waals surface area contributed by atoms with Crippen LogP contribution in [0, 0.1) is 0 Å². The van der Waals surface area contributed by atoms with Crippen molar-refractivity contribution < 1.29 is 4.79 Å². The van der Waals surface area contributed by atoms with E-state index in [1.165, 1.54) is 16.7 Å². The van der Waals surface area contributed by atoms with Crippen LogP contribution in [0.25, 0.3) is 0 Å². The van der Waals surface area contributed by atoms with Crippen LogP contribution < -0.4 is 0 Å². The Bertz CT molecular complexity index is 726. The van der Waals surface area contributed by atoms with E-state index in [4.69, 9.17) is 0 Å². The van der Waals surface area contributed by atoms with Gasteiger partial charge in [0.15, 0.2) is 5.78 Å². The number of hydrogen-bond acceptors (Lipinski definition) is 1. The third kappa shape index (κ3) is 1.30. The fraction of sp³-hybridized carbons (Fsp3) is 0.316. The lowest BCUT2D eigenvalue weighted by Gasteiger charge is -2.27. The average molecular weight is 262 g/mol. The maximum atomic E-state index is 12.4. The molecule has 0 heterocycles. The van der Waals surface area contributed by atoms with Gasteiger partial charge in [0.05, 0.1) is 0 Å². The lowest BCUT2D eigenvalue weighted by molar-refractivity contribution is 0.0978. The monoisotopic (exact) mass is 262 g/mol. The molecule has 2 aromatic rings. The largest absolute Gasteiger partial charge is 0.294 e. The van der Waals surface area contributed by atoms with Gasteiger partial charge in [-0.25, -0.2) is 0 Å². The molecule has 0 N–H and O–H groups in total. The van der Waals surface area contributed by atoms with Crippen molar-refractivity contribution in [2.45, 2.75) is 37.5 Å². The highest BCUT2D eigenvalue weighted by Gasteiger charge is 2.53.